The molecule has 1 saturated heterocycles. The predicted molar refractivity (Wildman–Crippen MR) is 119 cm³/mol. The van der Waals surface area contributed by atoms with E-state index < -0.39 is 0 Å². The molecule has 4 aromatic rings. The van der Waals surface area contributed by atoms with E-state index in [4.69, 9.17) is 16.0 Å². The molecule has 0 N–H and O–H groups in total. The zero-order valence-corrected chi connectivity index (χ0v) is 18.1. The molecular formula is C23H19ClN4O2S. The van der Waals surface area contributed by atoms with Gasteiger partial charge in [0.2, 0.25) is 5.89 Å². The summed E-state index contributed by atoms with van der Waals surface area (Å²) in [6.45, 7) is 0.656. The van der Waals surface area contributed by atoms with E-state index in [9.17, 15) is 4.79 Å². The summed E-state index contributed by atoms with van der Waals surface area (Å²) in [4.78, 5) is 29.2. The fraction of sp³-hybridized carbons (Fsp3) is 0.217. The number of thiazole rings is 1. The molecule has 1 aromatic carbocycles. The van der Waals surface area contributed by atoms with Crippen LogP contribution in [0.25, 0.3) is 10.6 Å². The molecule has 6 nitrogen and oxygen atoms in total. The molecule has 1 amide bonds. The molecule has 1 aliphatic heterocycles. The van der Waals surface area contributed by atoms with Crippen LogP contribution in [-0.4, -0.2) is 32.3 Å². The monoisotopic (exact) mass is 450 g/mol. The molecule has 156 valence electrons. The largest absolute Gasteiger partial charge is 0.443 e. The molecule has 1 aliphatic rings. The maximum absolute atomic E-state index is 13.5. The standard InChI is InChI=1S/C23H19ClN4O2S/c24-18-7-2-1-5-15(18)11-16-12-27-22(30-16)19-8-4-10-28(19)23(29)17-6-3-9-26-21(17)20-13-25-14-31-20/h1-3,5-7,9,12-14,19H,4,8,10-11H2. The van der Waals surface area contributed by atoms with Gasteiger partial charge in [0.1, 0.15) is 11.8 Å². The van der Waals surface area contributed by atoms with Crippen LogP contribution in [0.5, 0.6) is 0 Å². The predicted octanol–water partition coefficient (Wildman–Crippen LogP) is 5.41. The number of likely N-dealkylation sites (tertiary alicyclic amines) is 1. The third-order valence-electron chi connectivity index (χ3n) is 5.40. The average molecular weight is 451 g/mol. The van der Waals surface area contributed by atoms with Gasteiger partial charge in [-0.05, 0) is 36.6 Å². The third kappa shape index (κ3) is 3.98. The van der Waals surface area contributed by atoms with Gasteiger partial charge in [0, 0.05) is 30.4 Å². The van der Waals surface area contributed by atoms with Crippen molar-refractivity contribution in [2.75, 3.05) is 6.54 Å². The van der Waals surface area contributed by atoms with Crippen LogP contribution in [0.3, 0.4) is 0 Å². The minimum Gasteiger partial charge on any atom is -0.443 e. The summed E-state index contributed by atoms with van der Waals surface area (Å²) in [5.41, 5.74) is 3.95. The first kappa shape index (κ1) is 19.9. The summed E-state index contributed by atoms with van der Waals surface area (Å²) in [5.74, 6) is 1.23. The van der Waals surface area contributed by atoms with Crippen LogP contribution in [0.2, 0.25) is 5.02 Å². The maximum atomic E-state index is 13.5. The van der Waals surface area contributed by atoms with Gasteiger partial charge in [0.25, 0.3) is 5.91 Å². The number of hydrogen-bond donors (Lipinski definition) is 0. The van der Waals surface area contributed by atoms with E-state index >= 15 is 0 Å². The van der Waals surface area contributed by atoms with Crippen molar-refractivity contribution in [2.24, 2.45) is 0 Å². The van der Waals surface area contributed by atoms with E-state index in [-0.39, 0.29) is 11.9 Å². The van der Waals surface area contributed by atoms with Gasteiger partial charge in [-0.3, -0.25) is 14.8 Å². The van der Waals surface area contributed by atoms with Crippen LogP contribution in [0.4, 0.5) is 0 Å². The number of carbonyl (C=O) groups excluding carboxylic acids is 1. The van der Waals surface area contributed by atoms with Crippen LogP contribution in [0.15, 0.2) is 64.9 Å². The first-order valence-electron chi connectivity index (χ1n) is 10.0. The molecule has 31 heavy (non-hydrogen) atoms. The van der Waals surface area contributed by atoms with Gasteiger partial charge < -0.3 is 9.32 Å². The quantitative estimate of drug-likeness (QED) is 0.406. The second-order valence-electron chi connectivity index (χ2n) is 7.35. The molecule has 5 rings (SSSR count). The number of nitrogens with zero attached hydrogens (tertiary/aromatic N) is 4. The highest BCUT2D eigenvalue weighted by Gasteiger charge is 2.35. The molecule has 4 heterocycles. The number of halogens is 1. The number of amides is 1. The number of benzene rings is 1. The number of aromatic nitrogens is 3. The van der Waals surface area contributed by atoms with Crippen molar-refractivity contribution in [3.8, 4) is 10.6 Å². The molecule has 1 atom stereocenters. The van der Waals surface area contributed by atoms with E-state index in [2.05, 4.69) is 15.0 Å². The normalized spacial score (nSPS) is 16.0. The molecule has 0 spiro atoms. The Bertz CT molecular complexity index is 1210. The van der Waals surface area contributed by atoms with Crippen LogP contribution in [0.1, 0.15) is 46.5 Å². The Hall–Kier alpha value is -3.03. The Morgan fingerprint density at radius 3 is 2.94 bits per heavy atom. The first-order chi connectivity index (χ1) is 15.2. The van der Waals surface area contributed by atoms with E-state index in [0.717, 1.165) is 29.0 Å². The average Bonchev–Trinajstić information content (AvgIpc) is 3.56. The Balaban J connectivity index is 1.40. The number of carbonyl (C=O) groups is 1. The van der Waals surface area contributed by atoms with Gasteiger partial charge >= 0.3 is 0 Å². The number of hydrogen-bond acceptors (Lipinski definition) is 6. The topological polar surface area (TPSA) is 72.1 Å². The second-order valence-corrected chi connectivity index (χ2v) is 8.65. The zero-order chi connectivity index (χ0) is 21.2. The fourth-order valence-corrected chi connectivity index (χ4v) is 4.75. The molecule has 0 aliphatic carbocycles. The fourth-order valence-electron chi connectivity index (χ4n) is 3.92. The van der Waals surface area contributed by atoms with E-state index in [1.807, 2.05) is 35.2 Å². The van der Waals surface area contributed by atoms with Crippen molar-refractivity contribution >= 4 is 28.8 Å². The van der Waals surface area contributed by atoms with Gasteiger partial charge in [-0.1, -0.05) is 29.8 Å². The van der Waals surface area contributed by atoms with Crippen molar-refractivity contribution in [2.45, 2.75) is 25.3 Å². The Kier molecular flexibility index (Phi) is 5.53. The molecule has 0 radical (unpaired) electrons. The van der Waals surface area contributed by atoms with Crippen molar-refractivity contribution in [1.82, 2.24) is 19.9 Å². The highest BCUT2D eigenvalue weighted by molar-refractivity contribution is 7.13. The van der Waals surface area contributed by atoms with Crippen molar-refractivity contribution in [1.29, 1.82) is 0 Å². The highest BCUT2D eigenvalue weighted by Crippen LogP contribution is 2.35. The van der Waals surface area contributed by atoms with Gasteiger partial charge in [-0.25, -0.2) is 4.98 Å². The van der Waals surface area contributed by atoms with Crippen LogP contribution in [-0.2, 0) is 6.42 Å². The van der Waals surface area contributed by atoms with Crippen LogP contribution in [0, 0.1) is 0 Å². The Morgan fingerprint density at radius 1 is 1.19 bits per heavy atom. The van der Waals surface area contributed by atoms with Crippen LogP contribution < -0.4 is 0 Å². The lowest BCUT2D eigenvalue weighted by Crippen LogP contribution is -2.31. The lowest BCUT2D eigenvalue weighted by Gasteiger charge is -2.23. The van der Waals surface area contributed by atoms with Gasteiger partial charge in [0.05, 0.1) is 27.8 Å². The van der Waals surface area contributed by atoms with E-state index in [1.54, 1.807) is 30.2 Å². The summed E-state index contributed by atoms with van der Waals surface area (Å²) in [6, 6.07) is 11.1. The summed E-state index contributed by atoms with van der Waals surface area (Å²) in [5, 5.41) is 0.699. The maximum Gasteiger partial charge on any atom is 0.256 e. The number of rotatable bonds is 5. The molecule has 3 aromatic heterocycles. The van der Waals surface area contributed by atoms with Gasteiger partial charge in [0.15, 0.2) is 0 Å². The van der Waals surface area contributed by atoms with Crippen molar-refractivity contribution in [3.63, 3.8) is 0 Å². The number of pyridine rings is 1. The van der Waals surface area contributed by atoms with E-state index in [0.29, 0.717) is 35.1 Å². The summed E-state index contributed by atoms with van der Waals surface area (Å²) in [6.07, 6.45) is 7.43. The molecule has 0 saturated carbocycles. The summed E-state index contributed by atoms with van der Waals surface area (Å²) in [7, 11) is 0. The summed E-state index contributed by atoms with van der Waals surface area (Å²) >= 11 is 7.74. The molecular weight excluding hydrogens is 432 g/mol. The van der Waals surface area contributed by atoms with Crippen molar-refractivity contribution in [3.05, 3.63) is 88.3 Å². The summed E-state index contributed by atoms with van der Waals surface area (Å²) < 4.78 is 6.06. The smallest absolute Gasteiger partial charge is 0.256 e. The first-order valence-corrected chi connectivity index (χ1v) is 11.3. The minimum atomic E-state index is -0.193. The Labute approximate surface area is 188 Å². The van der Waals surface area contributed by atoms with Gasteiger partial charge in [-0.2, -0.15) is 0 Å². The third-order valence-corrected chi connectivity index (χ3v) is 6.55. The highest BCUT2D eigenvalue weighted by atomic mass is 35.5. The SMILES string of the molecule is O=C(c1cccnc1-c1cncs1)N1CCCC1c1ncc(Cc2ccccc2Cl)o1. The molecule has 0 bridgehead atoms. The molecule has 8 heteroatoms. The van der Waals surface area contributed by atoms with Crippen molar-refractivity contribution < 1.29 is 9.21 Å². The lowest BCUT2D eigenvalue weighted by atomic mass is 10.1. The number of oxazole rings is 1. The zero-order valence-electron chi connectivity index (χ0n) is 16.6. The second kappa shape index (κ2) is 8.61. The van der Waals surface area contributed by atoms with E-state index in [1.165, 1.54) is 11.3 Å². The molecule has 1 unspecified atom stereocenters. The Morgan fingerprint density at radius 2 is 2.10 bits per heavy atom. The lowest BCUT2D eigenvalue weighted by molar-refractivity contribution is 0.0715. The van der Waals surface area contributed by atoms with Crippen LogP contribution >= 0.6 is 22.9 Å². The molecule has 1 fully saturated rings. The minimum absolute atomic E-state index is 0.0650. The van der Waals surface area contributed by atoms with Gasteiger partial charge in [-0.15, -0.1) is 11.3 Å².